The molecule has 2 aromatic rings. The van der Waals surface area contributed by atoms with Crippen molar-refractivity contribution >= 4 is 5.82 Å². The Morgan fingerprint density at radius 3 is 2.28 bits per heavy atom. The van der Waals surface area contributed by atoms with Gasteiger partial charge in [0, 0.05) is 18.3 Å². The summed E-state index contributed by atoms with van der Waals surface area (Å²) in [4.78, 5) is 0. The van der Waals surface area contributed by atoms with E-state index in [0.29, 0.717) is 11.7 Å². The molecule has 0 unspecified atom stereocenters. The highest BCUT2D eigenvalue weighted by Gasteiger charge is 2.12. The van der Waals surface area contributed by atoms with Gasteiger partial charge < -0.3 is 5.73 Å². The highest BCUT2D eigenvalue weighted by Crippen LogP contribution is 2.28. The van der Waals surface area contributed by atoms with Crippen LogP contribution in [0, 0.1) is 12.8 Å². The second kappa shape index (κ2) is 4.84. The summed E-state index contributed by atoms with van der Waals surface area (Å²) < 4.78 is 1.83. The van der Waals surface area contributed by atoms with Crippen molar-refractivity contribution < 1.29 is 0 Å². The summed E-state index contributed by atoms with van der Waals surface area (Å²) in [5.74, 6) is 1.28. The van der Waals surface area contributed by atoms with E-state index < -0.39 is 0 Å². The van der Waals surface area contributed by atoms with E-state index in [1.807, 2.05) is 18.7 Å². The topological polar surface area (TPSA) is 43.8 Å². The lowest BCUT2D eigenvalue weighted by molar-refractivity contribution is 0.647. The molecule has 96 valence electrons. The van der Waals surface area contributed by atoms with E-state index in [2.05, 4.69) is 43.2 Å². The number of aryl methyl sites for hydroxylation is 1. The molecule has 0 amide bonds. The molecule has 1 heterocycles. The zero-order chi connectivity index (χ0) is 13.3. The summed E-state index contributed by atoms with van der Waals surface area (Å²) in [5.41, 5.74) is 10.6. The Hall–Kier alpha value is -1.77. The number of nitrogens with two attached hydrogens (primary N) is 1. The third kappa shape index (κ3) is 2.40. The molecule has 3 nitrogen and oxygen atoms in total. The Bertz CT molecular complexity index is 536. The van der Waals surface area contributed by atoms with Crippen molar-refractivity contribution in [1.82, 2.24) is 9.78 Å². The number of hydrogen-bond donors (Lipinski definition) is 1. The normalized spacial score (nSPS) is 11.2. The lowest BCUT2D eigenvalue weighted by Gasteiger charge is -2.07. The Labute approximate surface area is 109 Å². The molecule has 0 bridgehead atoms. The van der Waals surface area contributed by atoms with E-state index in [-0.39, 0.29) is 0 Å². The van der Waals surface area contributed by atoms with Crippen molar-refractivity contribution in [3.63, 3.8) is 0 Å². The summed E-state index contributed by atoms with van der Waals surface area (Å²) in [7, 11) is 1.92. The van der Waals surface area contributed by atoms with Crippen molar-refractivity contribution in [2.45, 2.75) is 27.2 Å². The number of nitrogens with zero attached hydrogens (tertiary/aromatic N) is 2. The minimum atomic E-state index is 0.603. The average molecular weight is 243 g/mol. The summed E-state index contributed by atoms with van der Waals surface area (Å²) in [6.07, 6.45) is 1.11. The minimum Gasteiger partial charge on any atom is -0.382 e. The molecule has 1 aromatic heterocycles. The van der Waals surface area contributed by atoms with E-state index in [0.717, 1.165) is 23.2 Å². The smallest absolute Gasteiger partial charge is 0.153 e. The molecule has 0 atom stereocenters. The first kappa shape index (κ1) is 12.7. The van der Waals surface area contributed by atoms with Gasteiger partial charge in [-0.2, -0.15) is 5.10 Å². The van der Waals surface area contributed by atoms with Crippen molar-refractivity contribution in [2.75, 3.05) is 5.73 Å². The molecule has 0 fully saturated rings. The average Bonchev–Trinajstić information content (AvgIpc) is 2.54. The minimum absolute atomic E-state index is 0.603. The first-order valence-electron chi connectivity index (χ1n) is 6.37. The molecular weight excluding hydrogens is 222 g/mol. The van der Waals surface area contributed by atoms with E-state index in [1.165, 1.54) is 5.56 Å². The van der Waals surface area contributed by atoms with Crippen molar-refractivity contribution in [3.05, 3.63) is 35.5 Å². The molecule has 2 rings (SSSR count). The van der Waals surface area contributed by atoms with Gasteiger partial charge in [0.05, 0.1) is 0 Å². The van der Waals surface area contributed by atoms with Gasteiger partial charge in [0.15, 0.2) is 5.82 Å². The number of hydrogen-bond acceptors (Lipinski definition) is 2. The molecule has 18 heavy (non-hydrogen) atoms. The number of benzene rings is 1. The van der Waals surface area contributed by atoms with E-state index in [4.69, 9.17) is 5.73 Å². The fraction of sp³-hybridized carbons (Fsp3) is 0.400. The van der Waals surface area contributed by atoms with Crippen LogP contribution in [-0.4, -0.2) is 9.78 Å². The largest absolute Gasteiger partial charge is 0.382 e. The molecule has 1 aromatic carbocycles. The monoisotopic (exact) mass is 243 g/mol. The standard InChI is InChI=1S/C15H21N3/c1-10(2)9-12-5-7-13(8-6-12)14-11(3)18(4)17-15(14)16/h5-8,10H,9H2,1-4H3,(H2,16,17). The fourth-order valence-corrected chi connectivity index (χ4v) is 2.27. The molecule has 2 N–H and O–H groups in total. The molecule has 3 heteroatoms. The summed E-state index contributed by atoms with van der Waals surface area (Å²) in [5, 5.41) is 4.25. The van der Waals surface area contributed by atoms with E-state index in [9.17, 15) is 0 Å². The first-order valence-corrected chi connectivity index (χ1v) is 6.37. The third-order valence-corrected chi connectivity index (χ3v) is 3.25. The quantitative estimate of drug-likeness (QED) is 0.899. The number of nitrogen functional groups attached to an aromatic ring is 1. The van der Waals surface area contributed by atoms with Crippen LogP contribution in [0.3, 0.4) is 0 Å². The van der Waals surface area contributed by atoms with E-state index >= 15 is 0 Å². The van der Waals surface area contributed by atoms with Gasteiger partial charge in [-0.05, 0) is 30.4 Å². The van der Waals surface area contributed by atoms with Gasteiger partial charge in [0.2, 0.25) is 0 Å². The highest BCUT2D eigenvalue weighted by atomic mass is 15.3. The van der Waals surface area contributed by atoms with Crippen LogP contribution in [-0.2, 0) is 13.5 Å². The molecule has 0 aliphatic rings. The second-order valence-electron chi connectivity index (χ2n) is 5.26. The Morgan fingerprint density at radius 1 is 1.22 bits per heavy atom. The lowest BCUT2D eigenvalue weighted by Crippen LogP contribution is -1.94. The lowest BCUT2D eigenvalue weighted by atomic mass is 9.99. The van der Waals surface area contributed by atoms with E-state index in [1.54, 1.807) is 0 Å². The molecule has 0 spiro atoms. The van der Waals surface area contributed by atoms with Crippen LogP contribution in [0.25, 0.3) is 11.1 Å². The van der Waals surface area contributed by atoms with Gasteiger partial charge in [0.1, 0.15) is 0 Å². The molecule has 0 aliphatic carbocycles. The van der Waals surface area contributed by atoms with Crippen LogP contribution < -0.4 is 5.73 Å². The highest BCUT2D eigenvalue weighted by molar-refractivity contribution is 5.76. The van der Waals surface area contributed by atoms with Crippen molar-refractivity contribution in [2.24, 2.45) is 13.0 Å². The maximum absolute atomic E-state index is 5.96. The number of aromatic nitrogens is 2. The predicted molar refractivity (Wildman–Crippen MR) is 76.3 cm³/mol. The zero-order valence-corrected chi connectivity index (χ0v) is 11.6. The van der Waals surface area contributed by atoms with Crippen molar-refractivity contribution in [1.29, 1.82) is 0 Å². The molecule has 0 saturated heterocycles. The van der Waals surface area contributed by atoms with Crippen LogP contribution in [0.4, 0.5) is 5.82 Å². The maximum Gasteiger partial charge on any atom is 0.153 e. The second-order valence-corrected chi connectivity index (χ2v) is 5.26. The van der Waals surface area contributed by atoms with Gasteiger partial charge >= 0.3 is 0 Å². The van der Waals surface area contributed by atoms with Crippen molar-refractivity contribution in [3.8, 4) is 11.1 Å². The van der Waals surface area contributed by atoms with Gasteiger partial charge in [0.25, 0.3) is 0 Å². The number of rotatable bonds is 3. The van der Waals surface area contributed by atoms with Gasteiger partial charge in [-0.25, -0.2) is 0 Å². The van der Waals surface area contributed by atoms with Gasteiger partial charge in [-0.3, -0.25) is 4.68 Å². The third-order valence-electron chi connectivity index (χ3n) is 3.25. The van der Waals surface area contributed by atoms with Crippen LogP contribution >= 0.6 is 0 Å². The predicted octanol–water partition coefficient (Wildman–Crippen LogP) is 3.18. The summed E-state index contributed by atoms with van der Waals surface area (Å²) >= 11 is 0. The number of anilines is 1. The van der Waals surface area contributed by atoms with Crippen LogP contribution in [0.5, 0.6) is 0 Å². The molecule has 0 radical (unpaired) electrons. The SMILES string of the molecule is Cc1c(-c2ccc(CC(C)C)cc2)c(N)nn1C. The summed E-state index contributed by atoms with van der Waals surface area (Å²) in [6.45, 7) is 6.51. The zero-order valence-electron chi connectivity index (χ0n) is 11.6. The van der Waals surface area contributed by atoms with Crippen LogP contribution in [0.15, 0.2) is 24.3 Å². The molecular formula is C15H21N3. The fourth-order valence-electron chi connectivity index (χ4n) is 2.27. The maximum atomic E-state index is 5.96. The van der Waals surface area contributed by atoms with Gasteiger partial charge in [-0.1, -0.05) is 38.1 Å². The Kier molecular flexibility index (Phi) is 3.41. The Morgan fingerprint density at radius 2 is 1.83 bits per heavy atom. The summed E-state index contributed by atoms with van der Waals surface area (Å²) in [6, 6.07) is 8.64. The van der Waals surface area contributed by atoms with Crippen LogP contribution in [0.1, 0.15) is 25.1 Å². The first-order chi connectivity index (χ1) is 8.49. The van der Waals surface area contributed by atoms with Crippen LogP contribution in [0.2, 0.25) is 0 Å². The molecule has 0 saturated carbocycles. The van der Waals surface area contributed by atoms with Gasteiger partial charge in [-0.15, -0.1) is 0 Å². The molecule has 0 aliphatic heterocycles. The Balaban J connectivity index is 2.34.